The van der Waals surface area contributed by atoms with Gasteiger partial charge in [-0.3, -0.25) is 4.79 Å². The van der Waals surface area contributed by atoms with Gasteiger partial charge in [0.1, 0.15) is 5.76 Å². The van der Waals surface area contributed by atoms with Crippen LogP contribution >= 0.6 is 11.6 Å². The average molecular weight is 376 g/mol. The number of amides is 1. The van der Waals surface area contributed by atoms with E-state index >= 15 is 0 Å². The van der Waals surface area contributed by atoms with Gasteiger partial charge in [-0.2, -0.15) is 4.68 Å². The van der Waals surface area contributed by atoms with Gasteiger partial charge in [-0.15, -0.1) is 0 Å². The second-order valence-corrected chi connectivity index (χ2v) is 6.02. The standard InChI is InChI=1S/C16H14ClN5O4/c1-9-3-4-11(7-13(9)17)18-16(23)15-12(10(2)26-20-15)8-21-6-5-14(19-21)22(24)25/h3-7H,8H2,1-2H3,(H,18,23). The minimum Gasteiger partial charge on any atom is -0.361 e. The minimum atomic E-state index is -0.592. The average Bonchev–Trinajstić information content (AvgIpc) is 3.19. The summed E-state index contributed by atoms with van der Waals surface area (Å²) in [5, 5.41) is 21.6. The summed E-state index contributed by atoms with van der Waals surface area (Å²) in [6.45, 7) is 3.62. The molecule has 134 valence electrons. The summed E-state index contributed by atoms with van der Waals surface area (Å²) < 4.78 is 6.46. The van der Waals surface area contributed by atoms with Crippen LogP contribution in [0, 0.1) is 24.0 Å². The zero-order valence-electron chi connectivity index (χ0n) is 13.9. The summed E-state index contributed by atoms with van der Waals surface area (Å²) in [6.07, 6.45) is 1.45. The fourth-order valence-corrected chi connectivity index (χ4v) is 2.50. The fraction of sp³-hybridized carbons (Fsp3) is 0.188. The summed E-state index contributed by atoms with van der Waals surface area (Å²) >= 11 is 6.06. The van der Waals surface area contributed by atoms with Crippen molar-refractivity contribution in [3.05, 3.63) is 68.2 Å². The van der Waals surface area contributed by atoms with Gasteiger partial charge >= 0.3 is 5.82 Å². The third-order valence-corrected chi connectivity index (χ3v) is 4.17. The topological polar surface area (TPSA) is 116 Å². The molecule has 0 aliphatic rings. The molecule has 10 heteroatoms. The first-order chi connectivity index (χ1) is 12.3. The van der Waals surface area contributed by atoms with Crippen LogP contribution in [0.1, 0.15) is 27.4 Å². The van der Waals surface area contributed by atoms with E-state index in [0.29, 0.717) is 22.0 Å². The van der Waals surface area contributed by atoms with Crippen molar-refractivity contribution < 1.29 is 14.2 Å². The van der Waals surface area contributed by atoms with Crippen molar-refractivity contribution in [3.63, 3.8) is 0 Å². The molecule has 0 atom stereocenters. The van der Waals surface area contributed by atoms with Gasteiger partial charge in [-0.1, -0.05) is 22.8 Å². The zero-order chi connectivity index (χ0) is 18.8. The van der Waals surface area contributed by atoms with E-state index in [2.05, 4.69) is 15.6 Å². The molecule has 9 nitrogen and oxygen atoms in total. The van der Waals surface area contributed by atoms with Crippen molar-refractivity contribution in [2.75, 3.05) is 5.32 Å². The molecule has 0 spiro atoms. The number of hydrogen-bond donors (Lipinski definition) is 1. The van der Waals surface area contributed by atoms with Gasteiger partial charge in [-0.05, 0) is 36.5 Å². The normalized spacial score (nSPS) is 10.7. The van der Waals surface area contributed by atoms with E-state index in [-0.39, 0.29) is 18.1 Å². The van der Waals surface area contributed by atoms with Crippen molar-refractivity contribution in [1.82, 2.24) is 14.9 Å². The molecule has 0 fully saturated rings. The fourth-order valence-electron chi connectivity index (χ4n) is 2.32. The molecule has 3 aromatic rings. The molecule has 2 aromatic heterocycles. The quantitative estimate of drug-likeness (QED) is 0.540. The molecule has 0 bridgehead atoms. The first-order valence-corrected chi connectivity index (χ1v) is 7.93. The smallest absolute Gasteiger partial charge is 0.361 e. The predicted octanol–water partition coefficient (Wildman–Crippen LogP) is 3.35. The van der Waals surface area contributed by atoms with E-state index in [1.165, 1.54) is 16.9 Å². The first kappa shape index (κ1) is 17.6. The number of anilines is 1. The van der Waals surface area contributed by atoms with Crippen molar-refractivity contribution in [3.8, 4) is 0 Å². The lowest BCUT2D eigenvalue weighted by atomic mass is 10.1. The molecule has 0 aliphatic carbocycles. The highest BCUT2D eigenvalue weighted by Crippen LogP contribution is 2.22. The molecule has 0 radical (unpaired) electrons. The maximum Gasteiger partial charge on any atom is 0.389 e. The van der Waals surface area contributed by atoms with Crippen molar-refractivity contribution in [2.24, 2.45) is 0 Å². The molecule has 0 aliphatic heterocycles. The Morgan fingerprint density at radius 3 is 2.81 bits per heavy atom. The number of carbonyl (C=O) groups is 1. The van der Waals surface area contributed by atoms with Crippen molar-refractivity contribution >= 4 is 29.0 Å². The maximum atomic E-state index is 12.5. The van der Waals surface area contributed by atoms with Gasteiger partial charge in [0.2, 0.25) is 0 Å². The van der Waals surface area contributed by atoms with Gasteiger partial charge in [0.15, 0.2) is 5.69 Å². The largest absolute Gasteiger partial charge is 0.389 e. The second-order valence-electron chi connectivity index (χ2n) is 5.61. The highest BCUT2D eigenvalue weighted by atomic mass is 35.5. The Labute approximate surface area is 152 Å². The van der Waals surface area contributed by atoms with Crippen LogP contribution in [0.4, 0.5) is 11.5 Å². The third kappa shape index (κ3) is 3.57. The van der Waals surface area contributed by atoms with Crippen molar-refractivity contribution in [1.29, 1.82) is 0 Å². The maximum absolute atomic E-state index is 12.5. The Kier molecular flexibility index (Phi) is 4.72. The number of aryl methyl sites for hydroxylation is 2. The molecule has 0 unspecified atom stereocenters. The first-order valence-electron chi connectivity index (χ1n) is 7.55. The van der Waals surface area contributed by atoms with E-state index in [1.54, 1.807) is 25.1 Å². The minimum absolute atomic E-state index is 0.0809. The molecule has 1 amide bonds. The molecule has 2 heterocycles. The number of rotatable bonds is 5. The Morgan fingerprint density at radius 1 is 1.38 bits per heavy atom. The van der Waals surface area contributed by atoms with Gasteiger partial charge in [0.25, 0.3) is 5.91 Å². The summed E-state index contributed by atoms with van der Waals surface area (Å²) in [6, 6.07) is 6.42. The van der Waals surface area contributed by atoms with Gasteiger partial charge in [0, 0.05) is 10.7 Å². The highest BCUT2D eigenvalue weighted by Gasteiger charge is 2.22. The molecule has 1 aromatic carbocycles. The van der Waals surface area contributed by atoms with Crippen LogP contribution < -0.4 is 5.32 Å². The summed E-state index contributed by atoms with van der Waals surface area (Å²) in [5.74, 6) is -0.326. The van der Waals surface area contributed by atoms with E-state index in [1.807, 2.05) is 6.92 Å². The number of carbonyl (C=O) groups excluding carboxylic acids is 1. The lowest BCUT2D eigenvalue weighted by Crippen LogP contribution is -2.16. The number of hydrogen-bond acceptors (Lipinski definition) is 6. The monoisotopic (exact) mass is 375 g/mol. The van der Waals surface area contributed by atoms with E-state index in [0.717, 1.165) is 5.56 Å². The molecule has 3 rings (SSSR count). The summed E-state index contributed by atoms with van der Waals surface area (Å²) in [4.78, 5) is 22.7. The predicted molar refractivity (Wildman–Crippen MR) is 93.4 cm³/mol. The van der Waals surface area contributed by atoms with Crippen LogP contribution in [0.25, 0.3) is 0 Å². The second kappa shape index (κ2) is 6.96. The lowest BCUT2D eigenvalue weighted by molar-refractivity contribution is -0.389. The van der Waals surface area contributed by atoms with Gasteiger partial charge < -0.3 is 20.0 Å². The van der Waals surface area contributed by atoms with E-state index in [9.17, 15) is 14.9 Å². The van der Waals surface area contributed by atoms with Crippen LogP contribution in [0.5, 0.6) is 0 Å². The highest BCUT2D eigenvalue weighted by molar-refractivity contribution is 6.31. The molecule has 1 N–H and O–H groups in total. The number of benzene rings is 1. The number of nitrogens with one attached hydrogen (secondary N) is 1. The Balaban J connectivity index is 1.82. The molecule has 26 heavy (non-hydrogen) atoms. The Morgan fingerprint density at radius 2 is 2.15 bits per heavy atom. The Hall–Kier alpha value is -3.20. The summed E-state index contributed by atoms with van der Waals surface area (Å²) in [7, 11) is 0. The molecular weight excluding hydrogens is 362 g/mol. The van der Waals surface area contributed by atoms with Crippen LogP contribution in [0.15, 0.2) is 35.0 Å². The van der Waals surface area contributed by atoms with E-state index in [4.69, 9.17) is 16.1 Å². The van der Waals surface area contributed by atoms with Crippen LogP contribution in [-0.2, 0) is 6.54 Å². The van der Waals surface area contributed by atoms with Crippen LogP contribution in [-0.4, -0.2) is 25.8 Å². The van der Waals surface area contributed by atoms with Crippen molar-refractivity contribution in [2.45, 2.75) is 20.4 Å². The summed E-state index contributed by atoms with van der Waals surface area (Å²) in [5.41, 5.74) is 1.98. The third-order valence-electron chi connectivity index (χ3n) is 3.76. The van der Waals surface area contributed by atoms with Crippen LogP contribution in [0.2, 0.25) is 5.02 Å². The number of aromatic nitrogens is 3. The Bertz CT molecular complexity index is 994. The van der Waals surface area contributed by atoms with Gasteiger partial charge in [0.05, 0.1) is 29.5 Å². The molecule has 0 saturated carbocycles. The molecular formula is C16H14ClN5O4. The van der Waals surface area contributed by atoms with E-state index < -0.39 is 10.8 Å². The number of halogens is 1. The number of nitro groups is 1. The van der Waals surface area contributed by atoms with Gasteiger partial charge in [-0.25, -0.2) is 0 Å². The molecule has 0 saturated heterocycles. The number of nitrogens with zero attached hydrogens (tertiary/aromatic N) is 4. The SMILES string of the molecule is Cc1ccc(NC(=O)c2noc(C)c2Cn2ccc([N+](=O)[O-])n2)cc1Cl. The lowest BCUT2D eigenvalue weighted by Gasteiger charge is -2.06. The zero-order valence-corrected chi connectivity index (χ0v) is 14.6. The van der Waals surface area contributed by atoms with Crippen LogP contribution in [0.3, 0.4) is 0 Å².